The Morgan fingerprint density at radius 1 is 1.00 bits per heavy atom. The third kappa shape index (κ3) is 3.26. The van der Waals surface area contributed by atoms with Gasteiger partial charge < -0.3 is 0 Å². The Kier molecular flexibility index (Phi) is 5.08. The van der Waals surface area contributed by atoms with Crippen LogP contribution in [0.5, 0.6) is 0 Å². The summed E-state index contributed by atoms with van der Waals surface area (Å²) < 4.78 is 28.5. The van der Waals surface area contributed by atoms with Gasteiger partial charge in [-0.3, -0.25) is 0 Å². The van der Waals surface area contributed by atoms with Gasteiger partial charge in [0.1, 0.15) is 0 Å². The summed E-state index contributed by atoms with van der Waals surface area (Å²) >= 11 is 3.60. The van der Waals surface area contributed by atoms with E-state index in [2.05, 4.69) is 22.9 Å². The largest absolute Gasteiger partial charge is 0.282 e. The lowest BCUT2D eigenvalue weighted by atomic mass is 10.0. The maximum absolute atomic E-state index is 12.6. The molecule has 2 atom stereocenters. The summed E-state index contributed by atoms with van der Waals surface area (Å²) in [4.78, 5) is 0.285. The molecule has 18 heavy (non-hydrogen) atoms. The van der Waals surface area contributed by atoms with Crippen LogP contribution in [-0.2, 0) is 10.2 Å². The number of piperidine rings is 1. The Balaban J connectivity index is 2.05. The molecule has 0 spiro atoms. The van der Waals surface area contributed by atoms with E-state index in [-0.39, 0.29) is 4.83 Å². The monoisotopic (exact) mass is 338 g/mol. The lowest BCUT2D eigenvalue weighted by Crippen LogP contribution is -2.50. The second-order valence-electron chi connectivity index (χ2n) is 5.46. The Labute approximate surface area is 119 Å². The van der Waals surface area contributed by atoms with Gasteiger partial charge in [-0.25, -0.2) is 0 Å². The molecule has 0 aromatic carbocycles. The highest BCUT2D eigenvalue weighted by Gasteiger charge is 2.35. The molecule has 2 unspecified atom stereocenters. The maximum atomic E-state index is 12.6. The fourth-order valence-corrected chi connectivity index (χ4v) is 5.18. The number of hydrogen-bond donors (Lipinski definition) is 0. The predicted molar refractivity (Wildman–Crippen MR) is 77.0 cm³/mol. The van der Waals surface area contributed by atoms with E-state index in [4.69, 9.17) is 0 Å². The van der Waals surface area contributed by atoms with Crippen LogP contribution in [0.25, 0.3) is 0 Å². The topological polar surface area (TPSA) is 40.6 Å². The molecule has 2 fully saturated rings. The standard InChI is InChI=1S/C12H23BrN2O2S/c1-11-6-9-15(10-12(11)13)18(16,17)14-7-4-2-3-5-8-14/h11-12H,2-10H2,1H3. The van der Waals surface area contributed by atoms with Crippen LogP contribution in [0.1, 0.15) is 39.0 Å². The first kappa shape index (κ1) is 14.8. The highest BCUT2D eigenvalue weighted by atomic mass is 79.9. The molecule has 0 aromatic rings. The second-order valence-corrected chi connectivity index (χ2v) is 8.57. The van der Waals surface area contributed by atoms with E-state index >= 15 is 0 Å². The molecule has 2 aliphatic rings. The van der Waals surface area contributed by atoms with Gasteiger partial charge in [-0.2, -0.15) is 17.0 Å². The molecule has 0 N–H and O–H groups in total. The van der Waals surface area contributed by atoms with Gasteiger partial charge in [-0.05, 0) is 25.2 Å². The van der Waals surface area contributed by atoms with Crippen LogP contribution in [0.3, 0.4) is 0 Å². The fraction of sp³-hybridized carbons (Fsp3) is 1.00. The fourth-order valence-electron chi connectivity index (χ4n) is 2.64. The minimum Gasteiger partial charge on any atom is -0.195 e. The summed E-state index contributed by atoms with van der Waals surface area (Å²) in [6.07, 6.45) is 5.26. The van der Waals surface area contributed by atoms with E-state index < -0.39 is 10.2 Å². The van der Waals surface area contributed by atoms with Gasteiger partial charge in [0, 0.05) is 31.0 Å². The van der Waals surface area contributed by atoms with Crippen LogP contribution < -0.4 is 0 Å². The van der Waals surface area contributed by atoms with Crippen molar-refractivity contribution < 1.29 is 8.42 Å². The summed E-state index contributed by atoms with van der Waals surface area (Å²) in [5, 5.41) is 0. The van der Waals surface area contributed by atoms with Crippen molar-refractivity contribution >= 4 is 26.1 Å². The first-order valence-corrected chi connectivity index (χ1v) is 9.22. The quantitative estimate of drug-likeness (QED) is 0.724. The Morgan fingerprint density at radius 3 is 2.17 bits per heavy atom. The molecule has 2 heterocycles. The van der Waals surface area contributed by atoms with Crippen molar-refractivity contribution in [1.82, 2.24) is 8.61 Å². The lowest BCUT2D eigenvalue weighted by Gasteiger charge is -2.36. The van der Waals surface area contributed by atoms with Crippen molar-refractivity contribution in [3.8, 4) is 0 Å². The molecule has 6 heteroatoms. The molecule has 0 aliphatic carbocycles. The van der Waals surface area contributed by atoms with Crippen molar-refractivity contribution in [2.75, 3.05) is 26.2 Å². The van der Waals surface area contributed by atoms with Gasteiger partial charge in [-0.1, -0.05) is 35.7 Å². The van der Waals surface area contributed by atoms with E-state index in [1.807, 2.05) is 0 Å². The van der Waals surface area contributed by atoms with Crippen LogP contribution in [0.2, 0.25) is 0 Å². The van der Waals surface area contributed by atoms with Crippen molar-refractivity contribution in [2.24, 2.45) is 5.92 Å². The van der Waals surface area contributed by atoms with E-state index in [1.165, 1.54) is 0 Å². The molecular weight excluding hydrogens is 316 g/mol. The summed E-state index contributed by atoms with van der Waals surface area (Å²) in [6, 6.07) is 0. The van der Waals surface area contributed by atoms with Gasteiger partial charge in [-0.15, -0.1) is 0 Å². The van der Waals surface area contributed by atoms with Crippen molar-refractivity contribution in [3.05, 3.63) is 0 Å². The van der Waals surface area contributed by atoms with Crippen LogP contribution in [0.4, 0.5) is 0 Å². The molecule has 2 aliphatic heterocycles. The van der Waals surface area contributed by atoms with Gasteiger partial charge >= 0.3 is 0 Å². The van der Waals surface area contributed by atoms with Gasteiger partial charge in [0.05, 0.1) is 0 Å². The first-order chi connectivity index (χ1) is 8.51. The predicted octanol–water partition coefficient (Wildman–Crippen LogP) is 2.21. The van der Waals surface area contributed by atoms with Gasteiger partial charge in [0.15, 0.2) is 0 Å². The third-order valence-electron chi connectivity index (χ3n) is 4.05. The van der Waals surface area contributed by atoms with Gasteiger partial charge in [0.2, 0.25) is 0 Å². The van der Waals surface area contributed by atoms with Gasteiger partial charge in [0.25, 0.3) is 10.2 Å². The number of halogens is 1. The summed E-state index contributed by atoms with van der Waals surface area (Å²) in [5.74, 6) is 0.556. The zero-order valence-corrected chi connectivity index (χ0v) is 13.4. The number of hydrogen-bond acceptors (Lipinski definition) is 2. The highest BCUT2D eigenvalue weighted by Crippen LogP contribution is 2.27. The maximum Gasteiger partial charge on any atom is 0.282 e. The van der Waals surface area contributed by atoms with E-state index in [9.17, 15) is 8.42 Å². The first-order valence-electron chi connectivity index (χ1n) is 6.91. The molecule has 106 valence electrons. The second kappa shape index (κ2) is 6.20. The number of alkyl halides is 1. The number of nitrogens with zero attached hydrogens (tertiary/aromatic N) is 2. The van der Waals surface area contributed by atoms with Crippen LogP contribution in [0, 0.1) is 5.92 Å². The van der Waals surface area contributed by atoms with Crippen molar-refractivity contribution in [3.63, 3.8) is 0 Å². The zero-order chi connectivity index (χ0) is 13.2. The van der Waals surface area contributed by atoms with E-state index in [1.54, 1.807) is 8.61 Å². The van der Waals surface area contributed by atoms with Crippen LogP contribution >= 0.6 is 15.9 Å². The smallest absolute Gasteiger partial charge is 0.195 e. The zero-order valence-electron chi connectivity index (χ0n) is 11.0. The minimum atomic E-state index is -3.23. The van der Waals surface area contributed by atoms with Crippen molar-refractivity contribution in [1.29, 1.82) is 0 Å². The molecule has 4 nitrogen and oxygen atoms in total. The molecule has 2 saturated heterocycles. The van der Waals surface area contributed by atoms with Crippen molar-refractivity contribution in [2.45, 2.75) is 43.9 Å². The molecule has 0 radical (unpaired) electrons. The Bertz CT molecular complexity index is 366. The Hall–Kier alpha value is 0.350. The van der Waals surface area contributed by atoms with Crippen LogP contribution in [-0.4, -0.2) is 48.0 Å². The minimum absolute atomic E-state index is 0.285. The third-order valence-corrected chi connectivity index (χ3v) is 7.24. The molecule has 2 rings (SSSR count). The Morgan fingerprint density at radius 2 is 1.61 bits per heavy atom. The normalized spacial score (nSPS) is 33.2. The molecule has 0 amide bonds. The van der Waals surface area contributed by atoms with E-state index in [0.29, 0.717) is 32.1 Å². The average molecular weight is 339 g/mol. The summed E-state index contributed by atoms with van der Waals surface area (Å²) in [7, 11) is -3.23. The number of rotatable bonds is 2. The molecule has 0 saturated carbocycles. The summed E-state index contributed by atoms with van der Waals surface area (Å²) in [6.45, 7) is 4.85. The molecule has 0 bridgehead atoms. The summed E-state index contributed by atoms with van der Waals surface area (Å²) in [5.41, 5.74) is 0. The van der Waals surface area contributed by atoms with E-state index in [0.717, 1.165) is 32.1 Å². The molecule has 0 aromatic heterocycles. The lowest BCUT2D eigenvalue weighted by molar-refractivity contribution is 0.274. The molecular formula is C12H23BrN2O2S. The SMILES string of the molecule is CC1CCN(S(=O)(=O)N2CCCCCC2)CC1Br. The highest BCUT2D eigenvalue weighted by molar-refractivity contribution is 9.09. The average Bonchev–Trinajstić information content (AvgIpc) is 2.61. The van der Waals surface area contributed by atoms with Crippen LogP contribution in [0.15, 0.2) is 0 Å².